The van der Waals surface area contributed by atoms with Crippen LogP contribution in [0.3, 0.4) is 0 Å². The van der Waals surface area contributed by atoms with Crippen LogP contribution in [0.4, 0.5) is 0 Å². The molecule has 0 spiro atoms. The van der Waals surface area contributed by atoms with Gasteiger partial charge in [0.25, 0.3) is 5.91 Å². The molecule has 0 saturated carbocycles. The van der Waals surface area contributed by atoms with E-state index >= 15 is 0 Å². The molecule has 0 bridgehead atoms. The van der Waals surface area contributed by atoms with Crippen molar-refractivity contribution < 1.29 is 21.6 Å². The Balaban J connectivity index is 1.80. The summed E-state index contributed by atoms with van der Waals surface area (Å²) in [7, 11) is -6.92. The van der Waals surface area contributed by atoms with Crippen LogP contribution in [0, 0.1) is 6.92 Å². The van der Waals surface area contributed by atoms with Crippen LogP contribution >= 0.6 is 0 Å². The summed E-state index contributed by atoms with van der Waals surface area (Å²) in [5.74, 6) is -0.396. The molecule has 2 aromatic rings. The van der Waals surface area contributed by atoms with Gasteiger partial charge >= 0.3 is 0 Å². The third kappa shape index (κ3) is 4.74. The van der Waals surface area contributed by atoms with Gasteiger partial charge in [-0.3, -0.25) is 4.79 Å². The number of amides is 1. The summed E-state index contributed by atoms with van der Waals surface area (Å²) in [4.78, 5) is 13.1. The van der Waals surface area contributed by atoms with E-state index in [4.69, 9.17) is 0 Å². The molecule has 7 nitrogen and oxygen atoms in total. The highest BCUT2D eigenvalue weighted by Gasteiger charge is 2.29. The first-order chi connectivity index (χ1) is 14.0. The number of carbonyl (C=O) groups is 1. The van der Waals surface area contributed by atoms with Crippen molar-refractivity contribution in [2.75, 3.05) is 19.3 Å². The van der Waals surface area contributed by atoms with Gasteiger partial charge in [-0.1, -0.05) is 18.2 Å². The third-order valence-corrected chi connectivity index (χ3v) is 8.46. The van der Waals surface area contributed by atoms with Crippen LogP contribution in [0.25, 0.3) is 0 Å². The van der Waals surface area contributed by atoms with Crippen molar-refractivity contribution in [3.8, 4) is 0 Å². The van der Waals surface area contributed by atoms with Gasteiger partial charge < -0.3 is 5.32 Å². The predicted molar refractivity (Wildman–Crippen MR) is 115 cm³/mol. The van der Waals surface area contributed by atoms with Gasteiger partial charge in [0.2, 0.25) is 10.0 Å². The summed E-state index contributed by atoms with van der Waals surface area (Å²) >= 11 is 0. The van der Waals surface area contributed by atoms with Crippen molar-refractivity contribution in [1.82, 2.24) is 9.62 Å². The predicted octanol–water partition coefficient (Wildman–Crippen LogP) is 2.67. The van der Waals surface area contributed by atoms with Crippen LogP contribution in [0.15, 0.2) is 52.3 Å². The van der Waals surface area contributed by atoms with Crippen molar-refractivity contribution in [1.29, 1.82) is 0 Å². The molecule has 1 fully saturated rings. The Morgan fingerprint density at radius 3 is 2.17 bits per heavy atom. The SMILES string of the molecule is Cc1ccc(C(=O)N[C@@H](C)c2ccc(S(C)(=O)=O)cc2)cc1S(=O)(=O)N1CCCC1. The molecule has 1 aliphatic rings. The second-order valence-corrected chi connectivity index (χ2v) is 11.5. The summed E-state index contributed by atoms with van der Waals surface area (Å²) in [5, 5.41) is 2.84. The fourth-order valence-electron chi connectivity index (χ4n) is 3.45. The number of nitrogens with zero attached hydrogens (tertiary/aromatic N) is 1. The highest BCUT2D eigenvalue weighted by molar-refractivity contribution is 7.90. The van der Waals surface area contributed by atoms with Gasteiger partial charge in [-0.05, 0) is 62.1 Å². The first-order valence-corrected chi connectivity index (χ1v) is 13.0. The Labute approximate surface area is 178 Å². The summed E-state index contributed by atoms with van der Waals surface area (Å²) in [6, 6.07) is 10.6. The average molecular weight is 451 g/mol. The van der Waals surface area contributed by atoms with Crippen molar-refractivity contribution in [2.45, 2.75) is 42.5 Å². The average Bonchev–Trinajstić information content (AvgIpc) is 3.23. The van der Waals surface area contributed by atoms with Gasteiger partial charge in [0, 0.05) is 24.9 Å². The van der Waals surface area contributed by atoms with E-state index in [-0.39, 0.29) is 21.4 Å². The lowest BCUT2D eigenvalue weighted by Gasteiger charge is -2.19. The zero-order valence-electron chi connectivity index (χ0n) is 17.3. The summed E-state index contributed by atoms with van der Waals surface area (Å²) in [6.45, 7) is 4.50. The number of hydrogen-bond acceptors (Lipinski definition) is 5. The highest BCUT2D eigenvalue weighted by atomic mass is 32.2. The van der Waals surface area contributed by atoms with E-state index in [9.17, 15) is 21.6 Å². The van der Waals surface area contributed by atoms with Crippen molar-refractivity contribution in [3.63, 3.8) is 0 Å². The summed E-state index contributed by atoms with van der Waals surface area (Å²) in [5.41, 5.74) is 1.61. The molecule has 2 aromatic carbocycles. The molecule has 3 rings (SSSR count). The van der Waals surface area contributed by atoms with Gasteiger partial charge in [0.05, 0.1) is 15.8 Å². The van der Waals surface area contributed by atoms with E-state index in [0.717, 1.165) is 24.7 Å². The molecule has 0 aromatic heterocycles. The molecule has 162 valence electrons. The molecule has 1 heterocycles. The Hall–Kier alpha value is -2.23. The van der Waals surface area contributed by atoms with E-state index in [2.05, 4.69) is 5.32 Å². The number of nitrogens with one attached hydrogen (secondary N) is 1. The van der Waals surface area contributed by atoms with Crippen LogP contribution in [-0.2, 0) is 19.9 Å². The van der Waals surface area contributed by atoms with Gasteiger partial charge in [0.15, 0.2) is 9.84 Å². The van der Waals surface area contributed by atoms with Crippen LogP contribution in [0.1, 0.15) is 47.3 Å². The van der Waals surface area contributed by atoms with E-state index in [1.165, 1.54) is 22.5 Å². The largest absolute Gasteiger partial charge is 0.346 e. The number of aryl methyl sites for hydroxylation is 1. The Kier molecular flexibility index (Phi) is 6.35. The van der Waals surface area contributed by atoms with E-state index in [1.807, 2.05) is 0 Å². The summed E-state index contributed by atoms with van der Waals surface area (Å²) < 4.78 is 50.5. The quantitative estimate of drug-likeness (QED) is 0.729. The lowest BCUT2D eigenvalue weighted by molar-refractivity contribution is 0.0939. The van der Waals surface area contributed by atoms with E-state index in [0.29, 0.717) is 18.7 Å². The zero-order chi connectivity index (χ0) is 22.1. The number of carbonyl (C=O) groups excluding carboxylic acids is 1. The van der Waals surface area contributed by atoms with Gasteiger partial charge in [-0.2, -0.15) is 4.31 Å². The molecule has 30 heavy (non-hydrogen) atoms. The number of benzene rings is 2. The van der Waals surface area contributed by atoms with Crippen molar-refractivity contribution in [3.05, 3.63) is 59.2 Å². The standard InChI is InChI=1S/C21H26N2O5S2/c1-15-6-7-18(14-20(15)30(27,28)23-12-4-5-13-23)21(24)22-16(2)17-8-10-19(11-9-17)29(3,25)26/h6-11,14,16H,4-5,12-13H2,1-3H3,(H,22,24)/t16-/m0/s1. The summed E-state index contributed by atoms with van der Waals surface area (Å²) in [6.07, 6.45) is 2.82. The molecule has 1 N–H and O–H groups in total. The lowest BCUT2D eigenvalue weighted by atomic mass is 10.1. The van der Waals surface area contributed by atoms with Crippen LogP contribution in [0.5, 0.6) is 0 Å². The Morgan fingerprint density at radius 2 is 1.60 bits per heavy atom. The molecular formula is C21H26N2O5S2. The van der Waals surface area contributed by atoms with Crippen LogP contribution < -0.4 is 5.32 Å². The maximum atomic E-state index is 12.9. The fourth-order valence-corrected chi connectivity index (χ4v) is 5.85. The molecule has 1 saturated heterocycles. The molecule has 1 amide bonds. The minimum atomic E-state index is -3.63. The molecular weight excluding hydrogens is 424 g/mol. The van der Waals surface area contributed by atoms with Gasteiger partial charge in [-0.15, -0.1) is 0 Å². The zero-order valence-corrected chi connectivity index (χ0v) is 18.9. The molecule has 0 radical (unpaired) electrons. The van der Waals surface area contributed by atoms with Gasteiger partial charge in [0.1, 0.15) is 0 Å². The molecule has 1 aliphatic heterocycles. The monoisotopic (exact) mass is 450 g/mol. The van der Waals surface area contributed by atoms with Crippen molar-refractivity contribution >= 4 is 25.8 Å². The lowest BCUT2D eigenvalue weighted by Crippen LogP contribution is -2.30. The molecule has 9 heteroatoms. The third-order valence-electron chi connectivity index (χ3n) is 5.29. The normalized spacial score (nSPS) is 16.4. The first kappa shape index (κ1) is 22.5. The topological polar surface area (TPSA) is 101 Å². The molecule has 1 atom stereocenters. The fraction of sp³-hybridized carbons (Fsp3) is 0.381. The highest BCUT2D eigenvalue weighted by Crippen LogP contribution is 2.25. The maximum absolute atomic E-state index is 12.9. The van der Waals surface area contributed by atoms with Crippen molar-refractivity contribution in [2.24, 2.45) is 0 Å². The first-order valence-electron chi connectivity index (χ1n) is 9.72. The second-order valence-electron chi connectivity index (χ2n) is 7.63. The Morgan fingerprint density at radius 1 is 1.00 bits per heavy atom. The smallest absolute Gasteiger partial charge is 0.251 e. The minimum Gasteiger partial charge on any atom is -0.346 e. The Bertz CT molecular complexity index is 1150. The number of sulfone groups is 1. The molecule has 0 aliphatic carbocycles. The maximum Gasteiger partial charge on any atom is 0.251 e. The van der Waals surface area contributed by atoms with Gasteiger partial charge in [-0.25, -0.2) is 16.8 Å². The second kappa shape index (κ2) is 8.49. The van der Waals surface area contributed by atoms with E-state index in [1.54, 1.807) is 38.1 Å². The number of sulfonamides is 1. The number of hydrogen-bond donors (Lipinski definition) is 1. The number of rotatable bonds is 6. The minimum absolute atomic E-state index is 0.155. The molecule has 0 unspecified atom stereocenters. The van der Waals surface area contributed by atoms with E-state index < -0.39 is 25.8 Å². The van der Waals surface area contributed by atoms with Crippen LogP contribution in [-0.4, -0.2) is 46.4 Å². The van der Waals surface area contributed by atoms with Crippen LogP contribution in [0.2, 0.25) is 0 Å².